The van der Waals surface area contributed by atoms with Crippen LogP contribution < -0.4 is 10.0 Å². The Morgan fingerprint density at radius 1 is 1.29 bits per heavy atom. The molecule has 0 radical (unpaired) electrons. The molecule has 0 bridgehead atoms. The molecule has 1 aliphatic rings. The maximum absolute atomic E-state index is 12.4. The Kier molecular flexibility index (Phi) is 4.12. The molecular formula is C13H15BrN4O2S. The minimum Gasteiger partial charge on any atom is -0.314 e. The van der Waals surface area contributed by atoms with Crippen molar-refractivity contribution in [2.45, 2.75) is 0 Å². The van der Waals surface area contributed by atoms with Crippen molar-refractivity contribution < 1.29 is 8.42 Å². The second-order valence-electron chi connectivity index (χ2n) is 4.79. The summed E-state index contributed by atoms with van der Waals surface area (Å²) in [5.74, 6) is 0. The lowest BCUT2D eigenvalue weighted by atomic mass is 10.2. The molecule has 2 heterocycles. The van der Waals surface area contributed by atoms with Crippen molar-refractivity contribution in [1.82, 2.24) is 14.6 Å². The van der Waals surface area contributed by atoms with Crippen LogP contribution in [0.2, 0.25) is 0 Å². The molecule has 0 aliphatic carbocycles. The highest BCUT2D eigenvalue weighted by Gasteiger charge is 2.24. The highest BCUT2D eigenvalue weighted by atomic mass is 79.9. The summed E-state index contributed by atoms with van der Waals surface area (Å²) in [5, 5.41) is 4.01. The van der Waals surface area contributed by atoms with Crippen molar-refractivity contribution in [2.24, 2.45) is 0 Å². The summed E-state index contributed by atoms with van der Waals surface area (Å²) in [6.07, 6.45) is 1.66. The van der Waals surface area contributed by atoms with E-state index in [0.717, 1.165) is 9.86 Å². The summed E-state index contributed by atoms with van der Waals surface area (Å²) in [7, 11) is -3.55. The molecule has 1 fully saturated rings. The van der Waals surface area contributed by atoms with Crippen molar-refractivity contribution in [3.8, 4) is 0 Å². The molecule has 0 saturated carbocycles. The SMILES string of the molecule is O=S(=O)(Nc1cccc2cc(Br)cnc12)N1CCNCC1. The number of piperazine rings is 1. The van der Waals surface area contributed by atoms with Gasteiger partial charge in [-0.3, -0.25) is 9.71 Å². The molecule has 0 spiro atoms. The first-order valence-corrected chi connectivity index (χ1v) is 8.82. The molecule has 1 aliphatic heterocycles. The van der Waals surface area contributed by atoms with Crippen LogP contribution in [0.15, 0.2) is 34.9 Å². The normalized spacial score (nSPS) is 17.0. The highest BCUT2D eigenvalue weighted by Crippen LogP contribution is 2.25. The van der Waals surface area contributed by atoms with Crippen LogP contribution in [0.3, 0.4) is 0 Å². The van der Waals surface area contributed by atoms with Crippen molar-refractivity contribution in [3.63, 3.8) is 0 Å². The molecule has 1 aromatic heterocycles. The van der Waals surface area contributed by atoms with Gasteiger partial charge in [0.15, 0.2) is 0 Å². The van der Waals surface area contributed by atoms with Gasteiger partial charge in [-0.25, -0.2) is 0 Å². The largest absolute Gasteiger partial charge is 0.314 e. The van der Waals surface area contributed by atoms with Gasteiger partial charge in [0.25, 0.3) is 0 Å². The van der Waals surface area contributed by atoms with E-state index in [-0.39, 0.29) is 0 Å². The highest BCUT2D eigenvalue weighted by molar-refractivity contribution is 9.10. The Morgan fingerprint density at radius 3 is 2.81 bits per heavy atom. The molecule has 2 N–H and O–H groups in total. The van der Waals surface area contributed by atoms with Gasteiger partial charge in [0.2, 0.25) is 0 Å². The lowest BCUT2D eigenvalue weighted by Crippen LogP contribution is -2.48. The Morgan fingerprint density at radius 2 is 2.05 bits per heavy atom. The van der Waals surface area contributed by atoms with Crippen LogP contribution in [0.25, 0.3) is 10.9 Å². The zero-order chi connectivity index (χ0) is 14.9. The Labute approximate surface area is 131 Å². The summed E-state index contributed by atoms with van der Waals surface area (Å²) in [6.45, 7) is 2.28. The molecule has 0 amide bonds. The van der Waals surface area contributed by atoms with E-state index in [4.69, 9.17) is 0 Å². The topological polar surface area (TPSA) is 74.3 Å². The van der Waals surface area contributed by atoms with E-state index < -0.39 is 10.2 Å². The fourth-order valence-corrected chi connectivity index (χ4v) is 3.89. The van der Waals surface area contributed by atoms with Crippen LogP contribution in [0.5, 0.6) is 0 Å². The first-order chi connectivity index (χ1) is 10.1. The van der Waals surface area contributed by atoms with Crippen LogP contribution in [0.1, 0.15) is 0 Å². The molecular weight excluding hydrogens is 356 g/mol. The second kappa shape index (κ2) is 5.88. The molecule has 112 valence electrons. The molecule has 6 nitrogen and oxygen atoms in total. The minimum absolute atomic E-state index is 0.471. The molecule has 0 atom stereocenters. The monoisotopic (exact) mass is 370 g/mol. The summed E-state index contributed by atoms with van der Waals surface area (Å²) < 4.78 is 29.8. The van der Waals surface area contributed by atoms with Gasteiger partial charge in [-0.2, -0.15) is 12.7 Å². The van der Waals surface area contributed by atoms with Gasteiger partial charge in [0.05, 0.1) is 11.2 Å². The van der Waals surface area contributed by atoms with Crippen molar-refractivity contribution in [3.05, 3.63) is 34.9 Å². The predicted octanol–water partition coefficient (Wildman–Crippen LogP) is 1.56. The Hall–Kier alpha value is -1.22. The lowest BCUT2D eigenvalue weighted by molar-refractivity contribution is 0.362. The van der Waals surface area contributed by atoms with Crippen LogP contribution in [0, 0.1) is 0 Å². The Bertz CT molecular complexity index is 760. The first-order valence-electron chi connectivity index (χ1n) is 6.59. The van der Waals surface area contributed by atoms with E-state index in [1.165, 1.54) is 4.31 Å². The van der Waals surface area contributed by atoms with E-state index >= 15 is 0 Å². The molecule has 2 aromatic rings. The number of halogens is 1. The fraction of sp³-hybridized carbons (Fsp3) is 0.308. The minimum atomic E-state index is -3.55. The number of anilines is 1. The number of aromatic nitrogens is 1. The number of benzene rings is 1. The number of pyridine rings is 1. The third-order valence-electron chi connectivity index (χ3n) is 3.33. The van der Waals surface area contributed by atoms with Gasteiger partial charge >= 0.3 is 10.2 Å². The van der Waals surface area contributed by atoms with Gasteiger partial charge in [0.1, 0.15) is 0 Å². The summed E-state index contributed by atoms with van der Waals surface area (Å²) in [4.78, 5) is 4.31. The van der Waals surface area contributed by atoms with Crippen LogP contribution in [-0.2, 0) is 10.2 Å². The predicted molar refractivity (Wildman–Crippen MR) is 86.4 cm³/mol. The maximum atomic E-state index is 12.4. The molecule has 0 unspecified atom stereocenters. The molecule has 1 aromatic carbocycles. The zero-order valence-corrected chi connectivity index (χ0v) is 13.6. The third kappa shape index (κ3) is 3.18. The van der Waals surface area contributed by atoms with Gasteiger partial charge in [-0.1, -0.05) is 12.1 Å². The van der Waals surface area contributed by atoms with Crippen LogP contribution >= 0.6 is 15.9 Å². The number of nitrogens with one attached hydrogen (secondary N) is 2. The van der Waals surface area contributed by atoms with Gasteiger partial charge < -0.3 is 5.32 Å². The van der Waals surface area contributed by atoms with E-state index in [9.17, 15) is 8.42 Å². The van der Waals surface area contributed by atoms with E-state index in [1.807, 2.05) is 18.2 Å². The van der Waals surface area contributed by atoms with Gasteiger partial charge in [-0.05, 0) is 28.1 Å². The van der Waals surface area contributed by atoms with Crippen molar-refractivity contribution in [1.29, 1.82) is 0 Å². The van der Waals surface area contributed by atoms with Crippen LogP contribution in [-0.4, -0.2) is 43.9 Å². The second-order valence-corrected chi connectivity index (χ2v) is 7.37. The average molecular weight is 371 g/mol. The number of hydrogen-bond acceptors (Lipinski definition) is 4. The number of hydrogen-bond donors (Lipinski definition) is 2. The Balaban J connectivity index is 1.94. The number of rotatable bonds is 3. The fourth-order valence-electron chi connectivity index (χ4n) is 2.30. The molecule has 8 heteroatoms. The molecule has 1 saturated heterocycles. The van der Waals surface area contributed by atoms with Crippen LogP contribution in [0.4, 0.5) is 5.69 Å². The molecule has 3 rings (SSSR count). The summed E-state index contributed by atoms with van der Waals surface area (Å²) in [5.41, 5.74) is 1.14. The zero-order valence-electron chi connectivity index (χ0n) is 11.2. The van der Waals surface area contributed by atoms with Crippen molar-refractivity contribution in [2.75, 3.05) is 30.9 Å². The van der Waals surface area contributed by atoms with Gasteiger partial charge in [0, 0.05) is 42.2 Å². The average Bonchev–Trinajstić information content (AvgIpc) is 2.48. The standard InChI is InChI=1S/C13H15BrN4O2S/c14-11-8-10-2-1-3-12(13(10)16-9-11)17-21(19,20)18-6-4-15-5-7-18/h1-3,8-9,15,17H,4-7H2. The van der Waals surface area contributed by atoms with E-state index in [1.54, 1.807) is 12.3 Å². The smallest absolute Gasteiger partial charge is 0.301 e. The number of fused-ring (bicyclic) bond motifs is 1. The summed E-state index contributed by atoms with van der Waals surface area (Å²) >= 11 is 3.36. The number of para-hydroxylation sites is 1. The quantitative estimate of drug-likeness (QED) is 0.859. The number of nitrogens with zero attached hydrogens (tertiary/aromatic N) is 2. The van der Waals surface area contributed by atoms with E-state index in [2.05, 4.69) is 31.0 Å². The van der Waals surface area contributed by atoms with Gasteiger partial charge in [-0.15, -0.1) is 0 Å². The maximum Gasteiger partial charge on any atom is 0.301 e. The molecule has 21 heavy (non-hydrogen) atoms. The first kappa shape index (κ1) is 14.7. The van der Waals surface area contributed by atoms with Crippen molar-refractivity contribution >= 4 is 42.7 Å². The lowest BCUT2D eigenvalue weighted by Gasteiger charge is -2.27. The van der Waals surface area contributed by atoms with E-state index in [0.29, 0.717) is 37.4 Å². The summed E-state index contributed by atoms with van der Waals surface area (Å²) in [6, 6.07) is 7.34. The third-order valence-corrected chi connectivity index (χ3v) is 5.29.